The molecular weight excluding hydrogens is 354 g/mol. The molecule has 1 N–H and O–H groups in total. The molecule has 0 aliphatic carbocycles. The number of aliphatic carboxylic acids is 1. The first-order valence-electron chi connectivity index (χ1n) is 8.81. The number of benzene rings is 1. The van der Waals surface area contributed by atoms with Crippen LogP contribution in [0.3, 0.4) is 0 Å². The van der Waals surface area contributed by atoms with E-state index in [0.29, 0.717) is 12.3 Å². The first-order chi connectivity index (χ1) is 12.0. The summed E-state index contributed by atoms with van der Waals surface area (Å²) in [6, 6.07) is 12.0. The van der Waals surface area contributed by atoms with Crippen molar-refractivity contribution in [3.05, 3.63) is 56.7 Å². The summed E-state index contributed by atoms with van der Waals surface area (Å²) in [7, 11) is 0. The molecule has 1 aliphatic heterocycles. The summed E-state index contributed by atoms with van der Waals surface area (Å²) < 4.78 is 0.739. The van der Waals surface area contributed by atoms with E-state index in [0.717, 1.165) is 34.2 Å². The van der Waals surface area contributed by atoms with Crippen LogP contribution in [0.1, 0.15) is 61.1 Å². The highest BCUT2D eigenvalue weighted by Gasteiger charge is 2.35. The number of hydrogen-bond donors (Lipinski definition) is 1. The molecule has 1 saturated heterocycles. The molecule has 3 nitrogen and oxygen atoms in total. The molecule has 0 radical (unpaired) electrons. The van der Waals surface area contributed by atoms with Crippen LogP contribution in [0, 0.1) is 0 Å². The zero-order chi connectivity index (χ0) is 18.0. The van der Waals surface area contributed by atoms with Crippen LogP contribution >= 0.6 is 22.9 Å². The van der Waals surface area contributed by atoms with Gasteiger partial charge in [0.25, 0.3) is 0 Å². The fraction of sp³-hybridized carbons (Fsp3) is 0.450. The van der Waals surface area contributed by atoms with Gasteiger partial charge in [0.1, 0.15) is 6.04 Å². The van der Waals surface area contributed by atoms with Crippen molar-refractivity contribution < 1.29 is 9.90 Å². The maximum Gasteiger partial charge on any atom is 0.320 e. The summed E-state index contributed by atoms with van der Waals surface area (Å²) >= 11 is 7.72. The van der Waals surface area contributed by atoms with Crippen LogP contribution in [-0.4, -0.2) is 28.6 Å². The van der Waals surface area contributed by atoms with E-state index in [1.165, 1.54) is 16.9 Å². The predicted molar refractivity (Wildman–Crippen MR) is 104 cm³/mol. The normalized spacial score (nSPS) is 19.9. The van der Waals surface area contributed by atoms with Crippen molar-refractivity contribution in [1.29, 1.82) is 0 Å². The third-order valence-electron chi connectivity index (χ3n) is 4.94. The third-order valence-corrected chi connectivity index (χ3v) is 6.23. The minimum atomic E-state index is -0.730. The Kier molecular flexibility index (Phi) is 5.82. The van der Waals surface area contributed by atoms with Gasteiger partial charge in [0, 0.05) is 4.88 Å². The van der Waals surface area contributed by atoms with Crippen LogP contribution in [0.5, 0.6) is 0 Å². The van der Waals surface area contributed by atoms with Gasteiger partial charge in [-0.05, 0) is 48.6 Å². The number of carboxylic acids is 1. The standard InChI is InChI=1S/C20H24ClNO2S/c1-13(2)14-6-8-15(9-7-14)19(17-10-11-18(21)25-17)22-12-4-3-5-16(22)20(23)24/h6-11,13,16,19H,3-5,12H2,1-2H3,(H,23,24). The molecule has 25 heavy (non-hydrogen) atoms. The van der Waals surface area contributed by atoms with Crippen molar-refractivity contribution in [3.63, 3.8) is 0 Å². The number of thiophene rings is 1. The Morgan fingerprint density at radius 1 is 1.16 bits per heavy atom. The van der Waals surface area contributed by atoms with E-state index in [2.05, 4.69) is 43.0 Å². The lowest BCUT2D eigenvalue weighted by molar-refractivity contribution is -0.145. The molecular formula is C20H24ClNO2S. The van der Waals surface area contributed by atoms with Crippen molar-refractivity contribution >= 4 is 28.9 Å². The molecule has 1 fully saturated rings. The minimum absolute atomic E-state index is 0.0555. The van der Waals surface area contributed by atoms with Gasteiger partial charge >= 0.3 is 5.97 Å². The van der Waals surface area contributed by atoms with E-state index < -0.39 is 12.0 Å². The number of halogens is 1. The molecule has 2 unspecified atom stereocenters. The van der Waals surface area contributed by atoms with Crippen molar-refractivity contribution in [2.45, 2.75) is 51.1 Å². The molecule has 2 aromatic rings. The van der Waals surface area contributed by atoms with Crippen LogP contribution in [0.25, 0.3) is 0 Å². The molecule has 5 heteroatoms. The number of carboxylic acid groups (broad SMARTS) is 1. The average molecular weight is 378 g/mol. The van der Waals surface area contributed by atoms with Gasteiger partial charge in [-0.2, -0.15) is 0 Å². The van der Waals surface area contributed by atoms with Crippen molar-refractivity contribution in [2.24, 2.45) is 0 Å². The fourth-order valence-corrected chi connectivity index (χ4v) is 4.80. The number of piperidine rings is 1. The smallest absolute Gasteiger partial charge is 0.320 e. The van der Waals surface area contributed by atoms with Gasteiger partial charge in [-0.1, -0.05) is 56.1 Å². The molecule has 2 heterocycles. The Bertz CT molecular complexity index is 726. The molecule has 1 aromatic heterocycles. The lowest BCUT2D eigenvalue weighted by Gasteiger charge is -2.39. The van der Waals surface area contributed by atoms with Crippen LogP contribution in [0.4, 0.5) is 0 Å². The maximum atomic E-state index is 11.8. The fourth-order valence-electron chi connectivity index (χ4n) is 3.59. The molecule has 0 amide bonds. The minimum Gasteiger partial charge on any atom is -0.480 e. The molecule has 1 aromatic carbocycles. The van der Waals surface area contributed by atoms with Gasteiger partial charge in [0.2, 0.25) is 0 Å². The highest BCUT2D eigenvalue weighted by Crippen LogP contribution is 2.39. The second-order valence-electron chi connectivity index (χ2n) is 6.95. The number of carbonyl (C=O) groups is 1. The van der Waals surface area contributed by atoms with Gasteiger partial charge in [-0.15, -0.1) is 11.3 Å². The van der Waals surface area contributed by atoms with E-state index in [9.17, 15) is 9.90 Å². The van der Waals surface area contributed by atoms with Crippen LogP contribution in [-0.2, 0) is 4.79 Å². The van der Waals surface area contributed by atoms with Gasteiger partial charge in [0.05, 0.1) is 10.4 Å². The Hall–Kier alpha value is -1.36. The van der Waals surface area contributed by atoms with Gasteiger partial charge in [0.15, 0.2) is 0 Å². The zero-order valence-corrected chi connectivity index (χ0v) is 16.2. The van der Waals surface area contributed by atoms with Gasteiger partial charge in [-0.3, -0.25) is 9.69 Å². The first-order valence-corrected chi connectivity index (χ1v) is 10.0. The Morgan fingerprint density at radius 3 is 2.40 bits per heavy atom. The molecule has 0 bridgehead atoms. The number of rotatable bonds is 5. The summed E-state index contributed by atoms with van der Waals surface area (Å²) in [5.41, 5.74) is 2.43. The van der Waals surface area contributed by atoms with E-state index >= 15 is 0 Å². The van der Waals surface area contributed by atoms with Crippen LogP contribution in [0.15, 0.2) is 36.4 Å². The lowest BCUT2D eigenvalue weighted by Crippen LogP contribution is -2.46. The van der Waals surface area contributed by atoms with Gasteiger partial charge < -0.3 is 5.11 Å². The summed E-state index contributed by atoms with van der Waals surface area (Å²) in [6.07, 6.45) is 2.70. The largest absolute Gasteiger partial charge is 0.480 e. The number of likely N-dealkylation sites (tertiary alicyclic amines) is 1. The number of hydrogen-bond acceptors (Lipinski definition) is 3. The van der Waals surface area contributed by atoms with E-state index in [1.54, 1.807) is 0 Å². The monoisotopic (exact) mass is 377 g/mol. The van der Waals surface area contributed by atoms with Crippen molar-refractivity contribution in [1.82, 2.24) is 4.90 Å². The molecule has 1 aliphatic rings. The van der Waals surface area contributed by atoms with Crippen LogP contribution in [0.2, 0.25) is 4.34 Å². The lowest BCUT2D eigenvalue weighted by atomic mass is 9.93. The SMILES string of the molecule is CC(C)c1ccc(C(c2ccc(Cl)s2)N2CCCCC2C(=O)O)cc1. The summed E-state index contributed by atoms with van der Waals surface area (Å²) in [5.74, 6) is -0.253. The first kappa shape index (κ1) is 18.4. The molecule has 3 rings (SSSR count). The van der Waals surface area contributed by atoms with Crippen molar-refractivity contribution in [3.8, 4) is 0 Å². The summed E-state index contributed by atoms with van der Waals surface area (Å²) in [5, 5.41) is 9.71. The topological polar surface area (TPSA) is 40.5 Å². The van der Waals surface area contributed by atoms with Gasteiger partial charge in [-0.25, -0.2) is 0 Å². The highest BCUT2D eigenvalue weighted by molar-refractivity contribution is 7.16. The summed E-state index contributed by atoms with van der Waals surface area (Å²) in [4.78, 5) is 15.1. The average Bonchev–Trinajstić information content (AvgIpc) is 3.02. The number of nitrogens with zero attached hydrogens (tertiary/aromatic N) is 1. The third kappa shape index (κ3) is 4.08. The van der Waals surface area contributed by atoms with Crippen molar-refractivity contribution in [2.75, 3.05) is 6.54 Å². The Balaban J connectivity index is 2.01. The quantitative estimate of drug-likeness (QED) is 0.742. The second kappa shape index (κ2) is 7.90. The van der Waals surface area contributed by atoms with E-state index in [4.69, 9.17) is 11.6 Å². The zero-order valence-electron chi connectivity index (χ0n) is 14.6. The molecule has 0 spiro atoms. The van der Waals surface area contributed by atoms with E-state index in [1.807, 2.05) is 12.1 Å². The summed E-state index contributed by atoms with van der Waals surface area (Å²) in [6.45, 7) is 5.15. The second-order valence-corrected chi connectivity index (χ2v) is 8.70. The predicted octanol–water partition coefficient (Wildman–Crippen LogP) is 5.55. The van der Waals surface area contributed by atoms with E-state index in [-0.39, 0.29) is 6.04 Å². The van der Waals surface area contributed by atoms with Crippen LogP contribution < -0.4 is 0 Å². The molecule has 0 saturated carbocycles. The Labute approximate surface area is 158 Å². The molecule has 134 valence electrons. The highest BCUT2D eigenvalue weighted by atomic mass is 35.5. The molecule has 2 atom stereocenters. The maximum absolute atomic E-state index is 11.8. The Morgan fingerprint density at radius 2 is 1.84 bits per heavy atom.